The van der Waals surface area contributed by atoms with Crippen molar-refractivity contribution < 1.29 is 14.5 Å². The second-order valence-corrected chi connectivity index (χ2v) is 6.07. The van der Waals surface area contributed by atoms with Gasteiger partial charge in [-0.05, 0) is 11.6 Å². The third-order valence-corrected chi connectivity index (χ3v) is 4.19. The second kappa shape index (κ2) is 6.87. The summed E-state index contributed by atoms with van der Waals surface area (Å²) in [6, 6.07) is 14.0. The topological polar surface area (TPSA) is 103 Å². The summed E-state index contributed by atoms with van der Waals surface area (Å²) < 4.78 is 7.04. The summed E-state index contributed by atoms with van der Waals surface area (Å²) in [5, 5.41) is 19.2. The molecule has 0 radical (unpaired) electrons. The van der Waals surface area contributed by atoms with Crippen molar-refractivity contribution in [3.63, 3.8) is 0 Å². The molecule has 1 amide bonds. The first-order valence-corrected chi connectivity index (χ1v) is 8.25. The highest BCUT2D eigenvalue weighted by molar-refractivity contribution is 5.97. The molecular weight excluding hydrogens is 350 g/mol. The maximum Gasteiger partial charge on any atom is 0.273 e. The zero-order valence-corrected chi connectivity index (χ0v) is 14.2. The number of non-ortho nitro benzene ring substituents is 1. The molecule has 1 aromatic heterocycles. The van der Waals surface area contributed by atoms with Crippen LogP contribution in [0.15, 0.2) is 54.7 Å². The minimum absolute atomic E-state index is 0.0862. The van der Waals surface area contributed by atoms with E-state index in [9.17, 15) is 14.9 Å². The van der Waals surface area contributed by atoms with Gasteiger partial charge in [0.25, 0.3) is 11.6 Å². The highest BCUT2D eigenvalue weighted by Crippen LogP contribution is 2.35. The molecule has 1 aliphatic rings. The van der Waals surface area contributed by atoms with E-state index in [4.69, 9.17) is 4.74 Å². The van der Waals surface area contributed by atoms with E-state index in [0.717, 1.165) is 5.56 Å². The number of anilines is 1. The average molecular weight is 365 g/mol. The van der Waals surface area contributed by atoms with Crippen molar-refractivity contribution in [1.29, 1.82) is 0 Å². The van der Waals surface area contributed by atoms with Gasteiger partial charge in [0.1, 0.15) is 5.69 Å². The number of nitrogens with zero attached hydrogens (tertiary/aromatic N) is 5. The Bertz CT molecular complexity index is 1000. The fourth-order valence-electron chi connectivity index (χ4n) is 2.90. The smallest absolute Gasteiger partial charge is 0.273 e. The summed E-state index contributed by atoms with van der Waals surface area (Å²) in [5.41, 5.74) is 2.10. The van der Waals surface area contributed by atoms with E-state index in [2.05, 4.69) is 10.3 Å². The molecule has 0 spiro atoms. The number of amides is 1. The van der Waals surface area contributed by atoms with Crippen LogP contribution in [0, 0.1) is 10.1 Å². The van der Waals surface area contributed by atoms with Crippen molar-refractivity contribution in [1.82, 2.24) is 15.0 Å². The summed E-state index contributed by atoms with van der Waals surface area (Å²) >= 11 is 0. The van der Waals surface area contributed by atoms with Gasteiger partial charge in [-0.1, -0.05) is 35.5 Å². The Morgan fingerprint density at radius 2 is 1.96 bits per heavy atom. The molecule has 0 aliphatic carbocycles. The maximum atomic E-state index is 12.3. The molecule has 0 atom stereocenters. The van der Waals surface area contributed by atoms with Gasteiger partial charge in [-0.3, -0.25) is 19.8 Å². The van der Waals surface area contributed by atoms with Crippen molar-refractivity contribution in [2.24, 2.45) is 0 Å². The summed E-state index contributed by atoms with van der Waals surface area (Å²) in [6.45, 7) is 0.613. The predicted octanol–water partition coefficient (Wildman–Crippen LogP) is 2.16. The molecule has 2 heterocycles. The Labute approximate surface area is 153 Å². The van der Waals surface area contributed by atoms with Crippen LogP contribution in [-0.4, -0.2) is 32.4 Å². The average Bonchev–Trinajstić information content (AvgIpc) is 3.11. The SMILES string of the molecule is O=C1COc2cc([N+](=O)[O-])ccc2N1Cc1cn(Cc2ccccc2)nn1. The molecule has 1 aliphatic heterocycles. The van der Waals surface area contributed by atoms with Crippen LogP contribution in [0.2, 0.25) is 0 Å². The number of benzene rings is 2. The molecule has 0 saturated heterocycles. The Kier molecular flexibility index (Phi) is 4.25. The van der Waals surface area contributed by atoms with Gasteiger partial charge in [-0.25, -0.2) is 4.68 Å². The van der Waals surface area contributed by atoms with Crippen molar-refractivity contribution in [3.8, 4) is 5.75 Å². The number of hydrogen-bond donors (Lipinski definition) is 0. The standard InChI is InChI=1S/C18H15N5O4/c24-18-12-27-17-8-15(23(25)26)6-7-16(17)22(18)11-14-10-21(20-19-14)9-13-4-2-1-3-5-13/h1-8,10H,9,11-12H2. The molecule has 136 valence electrons. The van der Waals surface area contributed by atoms with E-state index in [-0.39, 0.29) is 24.7 Å². The third-order valence-electron chi connectivity index (χ3n) is 4.19. The molecular formula is C18H15N5O4. The Hall–Kier alpha value is -3.75. The molecule has 9 heteroatoms. The van der Waals surface area contributed by atoms with Crippen molar-refractivity contribution >= 4 is 17.3 Å². The van der Waals surface area contributed by atoms with Crippen LogP contribution in [0.4, 0.5) is 11.4 Å². The number of carbonyl (C=O) groups is 1. The van der Waals surface area contributed by atoms with Crippen LogP contribution >= 0.6 is 0 Å². The van der Waals surface area contributed by atoms with E-state index in [1.807, 2.05) is 30.3 Å². The normalized spacial score (nSPS) is 13.2. The molecule has 4 rings (SSSR count). The molecule has 0 fully saturated rings. The van der Waals surface area contributed by atoms with Gasteiger partial charge in [-0.15, -0.1) is 5.10 Å². The van der Waals surface area contributed by atoms with Gasteiger partial charge >= 0.3 is 0 Å². The van der Waals surface area contributed by atoms with E-state index >= 15 is 0 Å². The highest BCUT2D eigenvalue weighted by atomic mass is 16.6. The molecule has 2 aromatic carbocycles. The van der Waals surface area contributed by atoms with Crippen molar-refractivity contribution in [2.45, 2.75) is 13.1 Å². The lowest BCUT2D eigenvalue weighted by molar-refractivity contribution is -0.384. The number of hydrogen-bond acceptors (Lipinski definition) is 6. The maximum absolute atomic E-state index is 12.3. The lowest BCUT2D eigenvalue weighted by Gasteiger charge is -2.28. The first-order chi connectivity index (χ1) is 13.1. The van der Waals surface area contributed by atoms with Crippen LogP contribution in [0.5, 0.6) is 5.75 Å². The molecule has 0 unspecified atom stereocenters. The lowest BCUT2D eigenvalue weighted by Crippen LogP contribution is -2.38. The van der Waals surface area contributed by atoms with Crippen LogP contribution in [0.3, 0.4) is 0 Å². The number of aromatic nitrogens is 3. The van der Waals surface area contributed by atoms with Gasteiger partial charge in [0.05, 0.1) is 36.0 Å². The first kappa shape index (κ1) is 16.7. The monoisotopic (exact) mass is 365 g/mol. The summed E-state index contributed by atoms with van der Waals surface area (Å²) in [6.07, 6.45) is 1.78. The third kappa shape index (κ3) is 3.47. The van der Waals surface area contributed by atoms with Crippen LogP contribution in [0.25, 0.3) is 0 Å². The summed E-state index contributed by atoms with van der Waals surface area (Å²) in [4.78, 5) is 24.2. The first-order valence-electron chi connectivity index (χ1n) is 8.25. The molecule has 0 bridgehead atoms. The molecule has 0 N–H and O–H groups in total. The Morgan fingerprint density at radius 3 is 2.74 bits per heavy atom. The van der Waals surface area contributed by atoms with E-state index < -0.39 is 4.92 Å². The highest BCUT2D eigenvalue weighted by Gasteiger charge is 2.28. The number of fused-ring (bicyclic) bond motifs is 1. The molecule has 27 heavy (non-hydrogen) atoms. The van der Waals surface area contributed by atoms with E-state index in [1.165, 1.54) is 23.1 Å². The fraction of sp³-hybridized carbons (Fsp3) is 0.167. The van der Waals surface area contributed by atoms with Crippen LogP contribution < -0.4 is 9.64 Å². The zero-order chi connectivity index (χ0) is 18.8. The predicted molar refractivity (Wildman–Crippen MR) is 95.3 cm³/mol. The van der Waals surface area contributed by atoms with E-state index in [0.29, 0.717) is 23.7 Å². The number of nitro benzene ring substituents is 1. The number of carbonyl (C=O) groups excluding carboxylic acids is 1. The van der Waals surface area contributed by atoms with Crippen molar-refractivity contribution in [2.75, 3.05) is 11.5 Å². The number of nitro groups is 1. The van der Waals surface area contributed by atoms with Gasteiger partial charge in [0.15, 0.2) is 12.4 Å². The van der Waals surface area contributed by atoms with Crippen LogP contribution in [0.1, 0.15) is 11.3 Å². The Morgan fingerprint density at radius 1 is 1.15 bits per heavy atom. The quantitative estimate of drug-likeness (QED) is 0.507. The number of rotatable bonds is 5. The molecule has 0 saturated carbocycles. The van der Waals surface area contributed by atoms with Gasteiger partial charge in [0.2, 0.25) is 0 Å². The Balaban J connectivity index is 1.54. The van der Waals surface area contributed by atoms with Gasteiger partial charge in [0, 0.05) is 6.07 Å². The largest absolute Gasteiger partial charge is 0.481 e. The molecule has 9 nitrogen and oxygen atoms in total. The second-order valence-electron chi connectivity index (χ2n) is 6.07. The van der Waals surface area contributed by atoms with Gasteiger partial charge < -0.3 is 4.74 Å². The summed E-state index contributed by atoms with van der Waals surface area (Å²) in [5.74, 6) is 0.0643. The molecule has 3 aromatic rings. The lowest BCUT2D eigenvalue weighted by atomic mass is 10.2. The summed E-state index contributed by atoms with van der Waals surface area (Å²) in [7, 11) is 0. The number of ether oxygens (including phenoxy) is 1. The minimum atomic E-state index is -0.500. The fourth-order valence-corrected chi connectivity index (χ4v) is 2.90. The van der Waals surface area contributed by atoms with Crippen LogP contribution in [-0.2, 0) is 17.9 Å². The van der Waals surface area contributed by atoms with Crippen molar-refractivity contribution in [3.05, 3.63) is 76.1 Å². The van der Waals surface area contributed by atoms with E-state index in [1.54, 1.807) is 10.9 Å². The van der Waals surface area contributed by atoms with Gasteiger partial charge in [-0.2, -0.15) is 0 Å². The minimum Gasteiger partial charge on any atom is -0.481 e. The zero-order valence-electron chi connectivity index (χ0n) is 14.2.